The lowest BCUT2D eigenvalue weighted by atomic mass is 9.77. The molecule has 154 valence electrons. The molecule has 3 N–H and O–H groups in total. The lowest BCUT2D eigenvalue weighted by Crippen LogP contribution is -2.72. The summed E-state index contributed by atoms with van der Waals surface area (Å²) >= 11 is 0. The second kappa shape index (κ2) is 7.36. The van der Waals surface area contributed by atoms with E-state index in [0.717, 1.165) is 24.3 Å². The fourth-order valence-electron chi connectivity index (χ4n) is 3.25. The summed E-state index contributed by atoms with van der Waals surface area (Å²) in [5.74, 6) is -3.74. The summed E-state index contributed by atoms with van der Waals surface area (Å²) < 4.78 is 59.6. The monoisotopic (exact) mass is 412 g/mol. The number of halogens is 4. The maximum absolute atomic E-state index is 13.8. The van der Waals surface area contributed by atoms with Gasteiger partial charge in [0.2, 0.25) is 5.72 Å². The van der Waals surface area contributed by atoms with E-state index in [1.54, 1.807) is 0 Å². The van der Waals surface area contributed by atoms with Crippen molar-refractivity contribution < 1.29 is 37.0 Å². The molecule has 2 aromatic carbocycles. The van der Waals surface area contributed by atoms with Gasteiger partial charge < -0.3 is 20.5 Å². The van der Waals surface area contributed by atoms with Gasteiger partial charge >= 0.3 is 12.2 Å². The van der Waals surface area contributed by atoms with Crippen LogP contribution in [0.1, 0.15) is 22.0 Å². The van der Waals surface area contributed by atoms with Crippen LogP contribution in [0.5, 0.6) is 5.75 Å². The number of alkyl halides is 3. The summed E-state index contributed by atoms with van der Waals surface area (Å²) in [6.07, 6.45) is -5.37. The highest BCUT2D eigenvalue weighted by atomic mass is 19.4. The van der Waals surface area contributed by atoms with Gasteiger partial charge in [0.15, 0.2) is 5.78 Å². The number of carbonyl (C=O) groups excluding carboxylic acids is 2. The van der Waals surface area contributed by atoms with Crippen LogP contribution in [0.3, 0.4) is 0 Å². The molecular formula is C19H16F4N2O4. The van der Waals surface area contributed by atoms with Gasteiger partial charge in [-0.05, 0) is 42.0 Å². The van der Waals surface area contributed by atoms with Gasteiger partial charge in [0, 0.05) is 5.56 Å². The molecule has 1 fully saturated rings. The van der Waals surface area contributed by atoms with E-state index in [9.17, 15) is 32.3 Å². The Balaban J connectivity index is 2.16. The van der Waals surface area contributed by atoms with Crippen molar-refractivity contribution in [1.29, 1.82) is 0 Å². The van der Waals surface area contributed by atoms with Gasteiger partial charge in [-0.25, -0.2) is 9.18 Å². The molecule has 0 unspecified atom stereocenters. The van der Waals surface area contributed by atoms with E-state index in [1.165, 1.54) is 36.7 Å². The van der Waals surface area contributed by atoms with Crippen molar-refractivity contribution in [3.8, 4) is 5.75 Å². The molecule has 2 amide bonds. The number of Topliss-reactive ketones (excluding diaryl/α,β-unsaturated/α-hetero) is 1. The number of nitrogens with one attached hydrogen (secondary N) is 2. The number of ether oxygens (including phenoxy) is 1. The average Bonchev–Trinajstić information content (AvgIpc) is 2.66. The van der Waals surface area contributed by atoms with Crippen molar-refractivity contribution >= 4 is 11.8 Å². The zero-order valence-electron chi connectivity index (χ0n) is 15.0. The topological polar surface area (TPSA) is 87.7 Å². The number of rotatable bonds is 4. The van der Waals surface area contributed by atoms with Crippen molar-refractivity contribution in [3.63, 3.8) is 0 Å². The Kier molecular flexibility index (Phi) is 5.22. The number of urea groups is 1. The van der Waals surface area contributed by atoms with Crippen LogP contribution in [0.4, 0.5) is 22.4 Å². The van der Waals surface area contributed by atoms with Gasteiger partial charge in [0.05, 0.1) is 13.2 Å². The zero-order chi connectivity index (χ0) is 21.4. The highest BCUT2D eigenvalue weighted by Gasteiger charge is 2.66. The van der Waals surface area contributed by atoms with Crippen LogP contribution in [-0.2, 0) is 0 Å². The van der Waals surface area contributed by atoms with Crippen molar-refractivity contribution in [2.75, 3.05) is 7.11 Å². The molecule has 1 heterocycles. The van der Waals surface area contributed by atoms with Crippen molar-refractivity contribution in [1.82, 2.24) is 10.6 Å². The first kappa shape index (κ1) is 20.6. The van der Waals surface area contributed by atoms with E-state index in [0.29, 0.717) is 0 Å². The number of benzene rings is 2. The molecule has 29 heavy (non-hydrogen) atoms. The third-order valence-electron chi connectivity index (χ3n) is 4.67. The SMILES string of the molecule is COc1cccc([C@H]2NC(=O)N[C@@](O)(C(F)(F)F)[C@@H]2C(=O)c2ccc(F)cc2)c1. The number of ketones is 1. The van der Waals surface area contributed by atoms with E-state index < -0.39 is 41.5 Å². The molecule has 6 nitrogen and oxygen atoms in total. The molecule has 0 bridgehead atoms. The second-order valence-corrected chi connectivity index (χ2v) is 6.47. The van der Waals surface area contributed by atoms with E-state index in [-0.39, 0.29) is 16.9 Å². The molecule has 1 saturated heterocycles. The van der Waals surface area contributed by atoms with Crippen molar-refractivity contribution in [2.45, 2.75) is 17.9 Å². The minimum atomic E-state index is -5.37. The molecule has 1 aliphatic rings. The zero-order valence-corrected chi connectivity index (χ0v) is 15.0. The summed E-state index contributed by atoms with van der Waals surface area (Å²) in [6, 6.07) is 6.72. The Morgan fingerprint density at radius 1 is 1.17 bits per heavy atom. The molecule has 1 aliphatic heterocycles. The van der Waals surface area contributed by atoms with Gasteiger partial charge in [-0.1, -0.05) is 12.1 Å². The molecular weight excluding hydrogens is 396 g/mol. The van der Waals surface area contributed by atoms with E-state index in [1.807, 2.05) is 0 Å². The molecule has 0 saturated carbocycles. The number of methoxy groups -OCH3 is 1. The fourth-order valence-corrected chi connectivity index (χ4v) is 3.25. The average molecular weight is 412 g/mol. The van der Waals surface area contributed by atoms with Gasteiger partial charge in [0.1, 0.15) is 17.5 Å². The molecule has 3 rings (SSSR count). The summed E-state index contributed by atoms with van der Waals surface area (Å²) in [5, 5.41) is 14.1. The molecule has 10 heteroatoms. The standard InChI is InChI=1S/C19H16F4N2O4/c1-29-13-4-2-3-11(9-13)15-14(16(26)10-5-7-12(20)8-6-10)18(28,19(21,22)23)25-17(27)24-15/h2-9,14-15,28H,1H3,(H2,24,25,27)/t14-,15+,18-/m0/s1. The minimum Gasteiger partial charge on any atom is -0.497 e. The third-order valence-corrected chi connectivity index (χ3v) is 4.67. The molecule has 3 atom stereocenters. The maximum Gasteiger partial charge on any atom is 0.437 e. The smallest absolute Gasteiger partial charge is 0.437 e. The Morgan fingerprint density at radius 2 is 1.83 bits per heavy atom. The highest BCUT2D eigenvalue weighted by molar-refractivity contribution is 6.00. The van der Waals surface area contributed by atoms with Crippen LogP contribution >= 0.6 is 0 Å². The van der Waals surface area contributed by atoms with Crippen LogP contribution in [0, 0.1) is 11.7 Å². The van der Waals surface area contributed by atoms with Gasteiger partial charge in [-0.15, -0.1) is 0 Å². The van der Waals surface area contributed by atoms with Crippen LogP contribution in [-0.4, -0.2) is 35.9 Å². The number of hydrogen-bond acceptors (Lipinski definition) is 4. The molecule has 0 aliphatic carbocycles. The summed E-state index contributed by atoms with van der Waals surface area (Å²) in [7, 11) is 1.34. The Labute approximate surface area is 162 Å². The molecule has 0 aromatic heterocycles. The summed E-state index contributed by atoms with van der Waals surface area (Å²) in [6.45, 7) is 0. The predicted molar refractivity (Wildman–Crippen MR) is 92.6 cm³/mol. The molecule has 0 spiro atoms. The molecule has 0 radical (unpaired) electrons. The first-order valence-electron chi connectivity index (χ1n) is 8.38. The molecule has 2 aromatic rings. The normalized spacial score (nSPS) is 24.4. The number of carbonyl (C=O) groups is 2. The summed E-state index contributed by atoms with van der Waals surface area (Å²) in [4.78, 5) is 25.0. The third kappa shape index (κ3) is 3.75. The minimum absolute atomic E-state index is 0.113. The van der Waals surface area contributed by atoms with Gasteiger partial charge in [-0.2, -0.15) is 13.2 Å². The Morgan fingerprint density at radius 3 is 2.41 bits per heavy atom. The highest BCUT2D eigenvalue weighted by Crippen LogP contribution is 2.44. The van der Waals surface area contributed by atoms with E-state index in [4.69, 9.17) is 4.74 Å². The Bertz CT molecular complexity index is 933. The lowest BCUT2D eigenvalue weighted by Gasteiger charge is -2.45. The quantitative estimate of drug-likeness (QED) is 0.532. The number of aliphatic hydroxyl groups is 1. The fraction of sp³-hybridized carbons (Fsp3) is 0.263. The largest absolute Gasteiger partial charge is 0.497 e. The number of hydrogen-bond donors (Lipinski definition) is 3. The van der Waals surface area contributed by atoms with E-state index in [2.05, 4.69) is 5.32 Å². The lowest BCUT2D eigenvalue weighted by molar-refractivity contribution is -0.287. The van der Waals surface area contributed by atoms with Crippen LogP contribution in [0.2, 0.25) is 0 Å². The first-order chi connectivity index (χ1) is 13.6. The van der Waals surface area contributed by atoms with Crippen LogP contribution in [0.25, 0.3) is 0 Å². The van der Waals surface area contributed by atoms with Crippen molar-refractivity contribution in [2.24, 2.45) is 5.92 Å². The van der Waals surface area contributed by atoms with Gasteiger partial charge in [-0.3, -0.25) is 4.79 Å². The predicted octanol–water partition coefficient (Wildman–Crippen LogP) is 2.94. The van der Waals surface area contributed by atoms with Crippen LogP contribution < -0.4 is 15.4 Å². The summed E-state index contributed by atoms with van der Waals surface area (Å²) in [5.41, 5.74) is -4.00. The van der Waals surface area contributed by atoms with Crippen molar-refractivity contribution in [3.05, 3.63) is 65.5 Å². The Hall–Kier alpha value is -3.14. The first-order valence-corrected chi connectivity index (χ1v) is 8.38. The van der Waals surface area contributed by atoms with Gasteiger partial charge in [0.25, 0.3) is 0 Å². The van der Waals surface area contributed by atoms with E-state index >= 15 is 0 Å². The number of amides is 2. The second-order valence-electron chi connectivity index (χ2n) is 6.47. The maximum atomic E-state index is 13.8. The van der Waals surface area contributed by atoms with Crippen LogP contribution in [0.15, 0.2) is 48.5 Å².